The molecule has 0 saturated carbocycles. The van der Waals surface area contributed by atoms with Crippen LogP contribution in [0.5, 0.6) is 5.88 Å². The van der Waals surface area contributed by atoms with Crippen molar-refractivity contribution >= 4 is 17.0 Å². The summed E-state index contributed by atoms with van der Waals surface area (Å²) < 4.78 is 6.97. The molecule has 0 radical (unpaired) electrons. The average Bonchev–Trinajstić information content (AvgIpc) is 2.76. The maximum Gasteiger partial charge on any atom is 0.212 e. The number of anilines is 1. The minimum Gasteiger partial charge on any atom is -0.481 e. The summed E-state index contributed by atoms with van der Waals surface area (Å²) in [5.74, 6) is 1.07. The Labute approximate surface area is 109 Å². The van der Waals surface area contributed by atoms with Crippen LogP contribution in [0, 0.1) is 0 Å². The second-order valence-electron chi connectivity index (χ2n) is 4.13. The first-order valence-corrected chi connectivity index (χ1v) is 5.82. The van der Waals surface area contributed by atoms with Crippen molar-refractivity contribution in [3.8, 4) is 5.88 Å². The Morgan fingerprint density at radius 2 is 2.16 bits per heavy atom. The van der Waals surface area contributed by atoms with Crippen LogP contribution in [-0.4, -0.2) is 26.6 Å². The second-order valence-corrected chi connectivity index (χ2v) is 4.13. The summed E-state index contributed by atoms with van der Waals surface area (Å²) in [4.78, 5) is 12.5. The normalized spacial score (nSPS) is 10.8. The van der Waals surface area contributed by atoms with Crippen molar-refractivity contribution in [2.24, 2.45) is 0 Å². The molecule has 6 nitrogen and oxygen atoms in total. The topological polar surface area (TPSA) is 78.9 Å². The van der Waals surface area contributed by atoms with E-state index in [-0.39, 0.29) is 0 Å². The molecule has 3 rings (SSSR count). The van der Waals surface area contributed by atoms with Gasteiger partial charge in [-0.3, -0.25) is 4.98 Å². The van der Waals surface area contributed by atoms with Gasteiger partial charge in [0.2, 0.25) is 11.8 Å². The zero-order chi connectivity index (χ0) is 13.2. The molecule has 0 aromatic carbocycles. The number of hydrogen-bond acceptors (Lipinski definition) is 5. The maximum atomic E-state index is 5.94. The van der Waals surface area contributed by atoms with Crippen LogP contribution in [0.1, 0.15) is 5.56 Å². The highest BCUT2D eigenvalue weighted by Crippen LogP contribution is 2.18. The van der Waals surface area contributed by atoms with E-state index in [1.54, 1.807) is 25.7 Å². The Morgan fingerprint density at radius 3 is 2.89 bits per heavy atom. The molecule has 0 amide bonds. The van der Waals surface area contributed by atoms with Crippen LogP contribution in [0.3, 0.4) is 0 Å². The standard InChI is InChI=1S/C13H13N5O/c1-19-12-3-2-9(6-16-12)8-18-11-4-5-15-7-10(11)17-13(18)14/h2-7H,8H2,1H3,(H2,14,17). The number of rotatable bonds is 3. The highest BCUT2D eigenvalue weighted by Gasteiger charge is 2.08. The number of pyridine rings is 2. The monoisotopic (exact) mass is 255 g/mol. The highest BCUT2D eigenvalue weighted by atomic mass is 16.5. The summed E-state index contributed by atoms with van der Waals surface area (Å²) in [5, 5.41) is 0. The molecule has 3 aromatic rings. The predicted octanol–water partition coefficient (Wildman–Crippen LogP) is 1.47. The van der Waals surface area contributed by atoms with Gasteiger partial charge in [0.1, 0.15) is 5.52 Å². The van der Waals surface area contributed by atoms with E-state index in [9.17, 15) is 0 Å². The average molecular weight is 255 g/mol. The lowest BCUT2D eigenvalue weighted by atomic mass is 10.3. The Hall–Kier alpha value is -2.63. The van der Waals surface area contributed by atoms with Gasteiger partial charge in [-0.05, 0) is 11.6 Å². The zero-order valence-electron chi connectivity index (χ0n) is 10.4. The fourth-order valence-electron chi connectivity index (χ4n) is 1.97. The van der Waals surface area contributed by atoms with Gasteiger partial charge in [-0.2, -0.15) is 0 Å². The van der Waals surface area contributed by atoms with E-state index >= 15 is 0 Å². The number of methoxy groups -OCH3 is 1. The number of nitrogen functional groups attached to an aromatic ring is 1. The minimum absolute atomic E-state index is 0.471. The third-order valence-corrected chi connectivity index (χ3v) is 2.93. The van der Waals surface area contributed by atoms with Gasteiger partial charge in [0.15, 0.2) is 0 Å². The van der Waals surface area contributed by atoms with Gasteiger partial charge < -0.3 is 15.0 Å². The van der Waals surface area contributed by atoms with Crippen LogP contribution in [0.25, 0.3) is 11.0 Å². The molecule has 0 bridgehead atoms. The Morgan fingerprint density at radius 1 is 1.26 bits per heavy atom. The van der Waals surface area contributed by atoms with Crippen molar-refractivity contribution in [1.29, 1.82) is 0 Å². The van der Waals surface area contributed by atoms with Crippen molar-refractivity contribution in [1.82, 2.24) is 19.5 Å². The highest BCUT2D eigenvalue weighted by molar-refractivity contribution is 5.77. The lowest BCUT2D eigenvalue weighted by Gasteiger charge is -2.06. The van der Waals surface area contributed by atoms with Crippen LogP contribution >= 0.6 is 0 Å². The van der Waals surface area contributed by atoms with Crippen LogP contribution < -0.4 is 10.5 Å². The molecule has 96 valence electrons. The number of aromatic nitrogens is 4. The molecule has 0 saturated heterocycles. The molecule has 0 aliphatic heterocycles. The van der Waals surface area contributed by atoms with E-state index in [0.717, 1.165) is 16.6 Å². The van der Waals surface area contributed by atoms with Gasteiger partial charge in [-0.1, -0.05) is 6.07 Å². The first-order chi connectivity index (χ1) is 9.28. The fourth-order valence-corrected chi connectivity index (χ4v) is 1.97. The smallest absolute Gasteiger partial charge is 0.212 e. The van der Waals surface area contributed by atoms with Gasteiger partial charge in [-0.25, -0.2) is 9.97 Å². The van der Waals surface area contributed by atoms with Gasteiger partial charge in [0, 0.05) is 18.5 Å². The van der Waals surface area contributed by atoms with Crippen molar-refractivity contribution in [2.75, 3.05) is 12.8 Å². The fraction of sp³-hybridized carbons (Fsp3) is 0.154. The molecule has 0 aliphatic carbocycles. The molecule has 6 heteroatoms. The number of fused-ring (bicyclic) bond motifs is 1. The molecule has 2 N–H and O–H groups in total. The number of hydrogen-bond donors (Lipinski definition) is 1. The van der Waals surface area contributed by atoms with E-state index < -0.39 is 0 Å². The van der Waals surface area contributed by atoms with E-state index in [0.29, 0.717) is 18.4 Å². The van der Waals surface area contributed by atoms with E-state index in [1.807, 2.05) is 22.8 Å². The molecule has 3 heterocycles. The van der Waals surface area contributed by atoms with Crippen molar-refractivity contribution < 1.29 is 4.74 Å². The number of ether oxygens (including phenoxy) is 1. The lowest BCUT2D eigenvalue weighted by molar-refractivity contribution is 0.397. The van der Waals surface area contributed by atoms with Crippen molar-refractivity contribution in [3.05, 3.63) is 42.4 Å². The number of nitrogens with two attached hydrogens (primary N) is 1. The summed E-state index contributed by atoms with van der Waals surface area (Å²) in [7, 11) is 1.59. The summed E-state index contributed by atoms with van der Waals surface area (Å²) in [6, 6.07) is 5.68. The number of nitrogens with zero attached hydrogens (tertiary/aromatic N) is 4. The molecular formula is C13H13N5O. The van der Waals surface area contributed by atoms with E-state index in [4.69, 9.17) is 10.5 Å². The lowest BCUT2D eigenvalue weighted by Crippen LogP contribution is -2.05. The van der Waals surface area contributed by atoms with Gasteiger partial charge in [0.05, 0.1) is 25.4 Å². The number of imidazole rings is 1. The molecular weight excluding hydrogens is 242 g/mol. The Bertz CT molecular complexity index is 705. The SMILES string of the molecule is COc1ccc(Cn2c(N)nc3cnccc32)cn1. The Kier molecular flexibility index (Phi) is 2.75. The molecule has 0 aliphatic rings. The molecule has 3 aromatic heterocycles. The summed E-state index contributed by atoms with van der Waals surface area (Å²) in [6.45, 7) is 0.614. The van der Waals surface area contributed by atoms with E-state index in [2.05, 4.69) is 15.0 Å². The predicted molar refractivity (Wildman–Crippen MR) is 71.8 cm³/mol. The molecule has 0 spiro atoms. The van der Waals surface area contributed by atoms with Gasteiger partial charge in [0.25, 0.3) is 0 Å². The summed E-state index contributed by atoms with van der Waals surface area (Å²) >= 11 is 0. The molecule has 19 heavy (non-hydrogen) atoms. The second kappa shape index (κ2) is 4.56. The van der Waals surface area contributed by atoms with E-state index in [1.165, 1.54) is 0 Å². The van der Waals surface area contributed by atoms with Crippen LogP contribution in [0.2, 0.25) is 0 Å². The first-order valence-electron chi connectivity index (χ1n) is 5.82. The van der Waals surface area contributed by atoms with Crippen LogP contribution in [0.15, 0.2) is 36.8 Å². The zero-order valence-corrected chi connectivity index (χ0v) is 10.4. The minimum atomic E-state index is 0.471. The molecule has 0 fully saturated rings. The van der Waals surface area contributed by atoms with Crippen LogP contribution in [-0.2, 0) is 6.54 Å². The quantitative estimate of drug-likeness (QED) is 0.766. The van der Waals surface area contributed by atoms with Crippen molar-refractivity contribution in [2.45, 2.75) is 6.54 Å². The maximum absolute atomic E-state index is 5.94. The van der Waals surface area contributed by atoms with Crippen LogP contribution in [0.4, 0.5) is 5.95 Å². The largest absolute Gasteiger partial charge is 0.481 e. The van der Waals surface area contributed by atoms with Gasteiger partial charge >= 0.3 is 0 Å². The summed E-state index contributed by atoms with van der Waals surface area (Å²) in [6.07, 6.45) is 5.20. The summed E-state index contributed by atoms with van der Waals surface area (Å²) in [5.41, 5.74) is 8.72. The third kappa shape index (κ3) is 2.08. The first kappa shape index (κ1) is 11.5. The molecule has 0 atom stereocenters. The Balaban J connectivity index is 1.98. The molecule has 0 unspecified atom stereocenters. The van der Waals surface area contributed by atoms with Crippen molar-refractivity contribution in [3.63, 3.8) is 0 Å². The van der Waals surface area contributed by atoms with Gasteiger partial charge in [-0.15, -0.1) is 0 Å². The third-order valence-electron chi connectivity index (χ3n) is 2.93.